The van der Waals surface area contributed by atoms with E-state index < -0.39 is 18.0 Å². The standard InChI is InChI=1S/C13H17F3N4O/c1-8-2-5-20(8)12-17-10(13(14,15)16)6-11(18-12)19-4-3-9(21)7-19/h6,8-9,21H,2-5,7H2,1H3/t8-,9?/m0/s1. The Labute approximate surface area is 120 Å². The van der Waals surface area contributed by atoms with E-state index in [1.165, 1.54) is 0 Å². The highest BCUT2D eigenvalue weighted by Gasteiger charge is 2.37. The Hall–Kier alpha value is -1.57. The van der Waals surface area contributed by atoms with Crippen LogP contribution in [0, 0.1) is 0 Å². The molecule has 3 heterocycles. The molecule has 1 N–H and O–H groups in total. The summed E-state index contributed by atoms with van der Waals surface area (Å²) in [5, 5.41) is 9.55. The lowest BCUT2D eigenvalue weighted by molar-refractivity contribution is -0.141. The molecule has 0 saturated carbocycles. The van der Waals surface area contributed by atoms with Crippen LogP contribution in [0.15, 0.2) is 6.07 Å². The van der Waals surface area contributed by atoms with Gasteiger partial charge in [0.1, 0.15) is 5.82 Å². The summed E-state index contributed by atoms with van der Waals surface area (Å²) >= 11 is 0. The highest BCUT2D eigenvalue weighted by molar-refractivity contribution is 5.49. The molecule has 2 saturated heterocycles. The third kappa shape index (κ3) is 2.76. The van der Waals surface area contributed by atoms with Gasteiger partial charge in [-0.15, -0.1) is 0 Å². The molecule has 1 aromatic rings. The first-order valence-electron chi connectivity index (χ1n) is 7.00. The van der Waals surface area contributed by atoms with Gasteiger partial charge in [0.25, 0.3) is 0 Å². The molecule has 0 spiro atoms. The van der Waals surface area contributed by atoms with Crippen molar-refractivity contribution in [1.82, 2.24) is 9.97 Å². The van der Waals surface area contributed by atoms with Crippen molar-refractivity contribution in [1.29, 1.82) is 0 Å². The fourth-order valence-corrected chi connectivity index (χ4v) is 2.62. The fraction of sp³-hybridized carbons (Fsp3) is 0.692. The first kappa shape index (κ1) is 14.4. The summed E-state index contributed by atoms with van der Waals surface area (Å²) in [5.74, 6) is 0.364. The lowest BCUT2D eigenvalue weighted by Gasteiger charge is -2.39. The number of rotatable bonds is 2. The second-order valence-electron chi connectivity index (χ2n) is 5.63. The zero-order chi connectivity index (χ0) is 15.2. The summed E-state index contributed by atoms with van der Waals surface area (Å²) in [6, 6.07) is 1.12. The van der Waals surface area contributed by atoms with Crippen LogP contribution in [0.2, 0.25) is 0 Å². The highest BCUT2D eigenvalue weighted by Crippen LogP contribution is 2.33. The molecule has 2 atom stereocenters. The van der Waals surface area contributed by atoms with Crippen LogP contribution >= 0.6 is 0 Å². The first-order chi connectivity index (χ1) is 9.84. The number of aromatic nitrogens is 2. The van der Waals surface area contributed by atoms with Crippen LogP contribution in [0.3, 0.4) is 0 Å². The molecular formula is C13H17F3N4O. The van der Waals surface area contributed by atoms with Crippen LogP contribution in [-0.4, -0.2) is 46.9 Å². The van der Waals surface area contributed by atoms with Crippen LogP contribution in [0.5, 0.6) is 0 Å². The van der Waals surface area contributed by atoms with Crippen molar-refractivity contribution in [3.63, 3.8) is 0 Å². The summed E-state index contributed by atoms with van der Waals surface area (Å²) in [7, 11) is 0. The van der Waals surface area contributed by atoms with E-state index in [0.717, 1.165) is 12.5 Å². The zero-order valence-electron chi connectivity index (χ0n) is 11.6. The molecule has 0 amide bonds. The molecule has 1 unspecified atom stereocenters. The van der Waals surface area contributed by atoms with Gasteiger partial charge in [-0.3, -0.25) is 0 Å². The van der Waals surface area contributed by atoms with Crippen LogP contribution in [0.1, 0.15) is 25.5 Å². The van der Waals surface area contributed by atoms with Gasteiger partial charge in [-0.1, -0.05) is 0 Å². The number of anilines is 2. The van der Waals surface area contributed by atoms with E-state index >= 15 is 0 Å². The summed E-state index contributed by atoms with van der Waals surface area (Å²) in [4.78, 5) is 11.4. The van der Waals surface area contributed by atoms with Gasteiger partial charge in [-0.05, 0) is 19.8 Å². The maximum Gasteiger partial charge on any atom is 0.433 e. The molecule has 3 rings (SSSR count). The van der Waals surface area contributed by atoms with E-state index in [2.05, 4.69) is 9.97 Å². The Morgan fingerprint density at radius 3 is 2.48 bits per heavy atom. The molecule has 8 heteroatoms. The van der Waals surface area contributed by atoms with Gasteiger partial charge in [-0.25, -0.2) is 4.98 Å². The van der Waals surface area contributed by atoms with Gasteiger partial charge in [0.15, 0.2) is 5.69 Å². The average molecular weight is 302 g/mol. The van der Waals surface area contributed by atoms with Crippen LogP contribution in [0.4, 0.5) is 24.9 Å². The molecular weight excluding hydrogens is 285 g/mol. The normalized spacial score (nSPS) is 26.1. The van der Waals surface area contributed by atoms with Crippen molar-refractivity contribution >= 4 is 11.8 Å². The molecule has 1 aromatic heterocycles. The number of aliphatic hydroxyl groups excluding tert-OH is 1. The number of β-amino-alcohol motifs (C(OH)–C–C–N with tert-alkyl or cyclic N) is 1. The Morgan fingerprint density at radius 1 is 1.24 bits per heavy atom. The molecule has 116 valence electrons. The lowest BCUT2D eigenvalue weighted by Crippen LogP contribution is -2.47. The largest absolute Gasteiger partial charge is 0.433 e. The maximum absolute atomic E-state index is 13.0. The number of nitrogens with zero attached hydrogens (tertiary/aromatic N) is 4. The molecule has 0 aliphatic carbocycles. The van der Waals surface area contributed by atoms with Gasteiger partial charge >= 0.3 is 6.18 Å². The van der Waals surface area contributed by atoms with Crippen LogP contribution in [0.25, 0.3) is 0 Å². The third-order valence-corrected chi connectivity index (χ3v) is 4.06. The van der Waals surface area contributed by atoms with E-state index in [9.17, 15) is 18.3 Å². The molecule has 2 fully saturated rings. The van der Waals surface area contributed by atoms with Crippen molar-refractivity contribution in [3.05, 3.63) is 11.8 Å². The quantitative estimate of drug-likeness (QED) is 0.900. The Morgan fingerprint density at radius 2 is 2.00 bits per heavy atom. The molecule has 5 nitrogen and oxygen atoms in total. The number of hydrogen-bond acceptors (Lipinski definition) is 5. The number of aliphatic hydroxyl groups is 1. The van der Waals surface area contributed by atoms with Crippen LogP contribution in [-0.2, 0) is 6.18 Å². The third-order valence-electron chi connectivity index (χ3n) is 4.06. The van der Waals surface area contributed by atoms with E-state index in [4.69, 9.17) is 0 Å². The van der Waals surface area contributed by atoms with Crippen molar-refractivity contribution in [2.24, 2.45) is 0 Å². The van der Waals surface area contributed by atoms with Crippen molar-refractivity contribution in [2.75, 3.05) is 29.4 Å². The molecule has 2 aliphatic rings. The minimum absolute atomic E-state index is 0.125. The van der Waals surface area contributed by atoms with Gasteiger partial charge in [0.05, 0.1) is 6.10 Å². The Kier molecular flexibility index (Phi) is 3.43. The minimum atomic E-state index is -4.50. The van der Waals surface area contributed by atoms with Crippen molar-refractivity contribution in [2.45, 2.75) is 38.1 Å². The second-order valence-corrected chi connectivity index (χ2v) is 5.63. The monoisotopic (exact) mass is 302 g/mol. The first-order valence-corrected chi connectivity index (χ1v) is 7.00. The van der Waals surface area contributed by atoms with Gasteiger partial charge in [-0.2, -0.15) is 18.2 Å². The predicted octanol–water partition coefficient (Wildman–Crippen LogP) is 1.67. The van der Waals surface area contributed by atoms with E-state index in [1.807, 2.05) is 6.92 Å². The maximum atomic E-state index is 13.0. The van der Waals surface area contributed by atoms with E-state index in [1.54, 1.807) is 9.80 Å². The number of alkyl halides is 3. The Balaban J connectivity index is 1.97. The summed E-state index contributed by atoms with van der Waals surface area (Å²) < 4.78 is 39.1. The van der Waals surface area contributed by atoms with Gasteiger partial charge in [0.2, 0.25) is 5.95 Å². The Bertz CT molecular complexity index is 537. The van der Waals surface area contributed by atoms with Crippen molar-refractivity contribution in [3.8, 4) is 0 Å². The number of halogens is 3. The molecule has 0 radical (unpaired) electrons. The summed E-state index contributed by atoms with van der Waals surface area (Å²) in [6.45, 7) is 3.42. The van der Waals surface area contributed by atoms with E-state index in [0.29, 0.717) is 26.1 Å². The average Bonchev–Trinajstić information content (AvgIpc) is 2.82. The van der Waals surface area contributed by atoms with Gasteiger partial charge < -0.3 is 14.9 Å². The molecule has 0 bridgehead atoms. The number of hydrogen-bond donors (Lipinski definition) is 1. The molecule has 0 aromatic carbocycles. The second kappa shape index (κ2) is 5.01. The van der Waals surface area contributed by atoms with Gasteiger partial charge in [0, 0.05) is 31.7 Å². The predicted molar refractivity (Wildman–Crippen MR) is 71.3 cm³/mol. The smallest absolute Gasteiger partial charge is 0.391 e. The highest BCUT2D eigenvalue weighted by atomic mass is 19.4. The topological polar surface area (TPSA) is 52.5 Å². The SMILES string of the molecule is C[C@H]1CCN1c1nc(N2CCC(O)C2)cc(C(F)(F)F)n1. The van der Waals surface area contributed by atoms with Crippen LogP contribution < -0.4 is 9.80 Å². The minimum Gasteiger partial charge on any atom is -0.391 e. The molecule has 2 aliphatic heterocycles. The van der Waals surface area contributed by atoms with Crippen molar-refractivity contribution < 1.29 is 18.3 Å². The lowest BCUT2D eigenvalue weighted by atomic mass is 10.1. The fourth-order valence-electron chi connectivity index (χ4n) is 2.62. The molecule has 21 heavy (non-hydrogen) atoms. The zero-order valence-corrected chi connectivity index (χ0v) is 11.6. The van der Waals surface area contributed by atoms with E-state index in [-0.39, 0.29) is 17.8 Å². The summed E-state index contributed by atoms with van der Waals surface area (Å²) in [6.07, 6.45) is -3.54. The summed E-state index contributed by atoms with van der Waals surface area (Å²) in [5.41, 5.74) is -0.928.